The fourth-order valence-corrected chi connectivity index (χ4v) is 1.98. The second kappa shape index (κ2) is 7.62. The van der Waals surface area contributed by atoms with Gasteiger partial charge in [0.25, 0.3) is 0 Å². The van der Waals surface area contributed by atoms with Crippen LogP contribution in [0.5, 0.6) is 0 Å². The van der Waals surface area contributed by atoms with Crippen molar-refractivity contribution < 1.29 is 0 Å². The zero-order valence-corrected chi connectivity index (χ0v) is 13.1. The molecule has 0 atom stereocenters. The lowest BCUT2D eigenvalue weighted by molar-refractivity contribution is 0.606. The van der Waals surface area contributed by atoms with Gasteiger partial charge in [-0.05, 0) is 36.5 Å². The van der Waals surface area contributed by atoms with Crippen LogP contribution in [-0.4, -0.2) is 16.5 Å². The minimum Gasteiger partial charge on any atom is -0.370 e. The molecule has 0 spiro atoms. The van der Waals surface area contributed by atoms with Crippen molar-refractivity contribution in [2.45, 2.75) is 33.6 Å². The van der Waals surface area contributed by atoms with Crippen molar-refractivity contribution in [2.24, 2.45) is 5.92 Å². The summed E-state index contributed by atoms with van der Waals surface area (Å²) in [5, 5.41) is 6.63. The molecule has 0 aliphatic heterocycles. The van der Waals surface area contributed by atoms with E-state index in [2.05, 4.69) is 65.6 Å². The van der Waals surface area contributed by atoms with E-state index in [9.17, 15) is 0 Å². The monoisotopic (exact) mass is 284 g/mol. The van der Waals surface area contributed by atoms with Crippen LogP contribution >= 0.6 is 0 Å². The Morgan fingerprint density at radius 1 is 1.05 bits per heavy atom. The molecule has 1 heterocycles. The molecule has 0 aliphatic rings. The fraction of sp³-hybridized carbons (Fsp3) is 0.412. The van der Waals surface area contributed by atoms with Gasteiger partial charge < -0.3 is 10.6 Å². The largest absolute Gasteiger partial charge is 0.370 e. The van der Waals surface area contributed by atoms with E-state index in [0.29, 0.717) is 5.92 Å². The summed E-state index contributed by atoms with van der Waals surface area (Å²) in [5.74, 6) is 2.36. The molecule has 4 heteroatoms. The Kier molecular flexibility index (Phi) is 5.55. The first-order valence-electron chi connectivity index (χ1n) is 7.59. The van der Waals surface area contributed by atoms with Gasteiger partial charge in [0.15, 0.2) is 0 Å². The van der Waals surface area contributed by atoms with Gasteiger partial charge in [-0.2, -0.15) is 0 Å². The molecule has 0 radical (unpaired) electrons. The minimum absolute atomic E-state index is 0.689. The topological polar surface area (TPSA) is 49.8 Å². The Hall–Kier alpha value is -2.10. The number of benzene rings is 1. The number of nitrogens with one attached hydrogen (secondary N) is 2. The van der Waals surface area contributed by atoms with Crippen LogP contribution in [0.3, 0.4) is 0 Å². The SMILES string of the molecule is CCc1ccc(Nc2cc(NCCC(C)C)ncn2)cc1. The van der Waals surface area contributed by atoms with Crippen molar-refractivity contribution in [3.8, 4) is 0 Å². The summed E-state index contributed by atoms with van der Waals surface area (Å²) in [4.78, 5) is 8.50. The van der Waals surface area contributed by atoms with E-state index in [-0.39, 0.29) is 0 Å². The lowest BCUT2D eigenvalue weighted by Crippen LogP contribution is -2.07. The second-order valence-corrected chi connectivity index (χ2v) is 5.57. The molecule has 0 saturated heterocycles. The number of hydrogen-bond donors (Lipinski definition) is 2. The van der Waals surface area contributed by atoms with Gasteiger partial charge in [0.2, 0.25) is 0 Å². The molecule has 1 aromatic heterocycles. The van der Waals surface area contributed by atoms with Crippen molar-refractivity contribution in [3.63, 3.8) is 0 Å². The summed E-state index contributed by atoms with van der Waals surface area (Å²) >= 11 is 0. The maximum atomic E-state index is 4.26. The third-order valence-electron chi connectivity index (χ3n) is 3.33. The zero-order valence-electron chi connectivity index (χ0n) is 13.1. The van der Waals surface area contributed by atoms with E-state index in [1.807, 2.05) is 6.07 Å². The highest BCUT2D eigenvalue weighted by Crippen LogP contribution is 2.17. The molecular weight excluding hydrogens is 260 g/mol. The van der Waals surface area contributed by atoms with Gasteiger partial charge in [-0.25, -0.2) is 9.97 Å². The van der Waals surface area contributed by atoms with Gasteiger partial charge in [0, 0.05) is 18.3 Å². The van der Waals surface area contributed by atoms with Gasteiger partial charge in [-0.15, -0.1) is 0 Å². The number of aryl methyl sites for hydroxylation is 1. The Morgan fingerprint density at radius 2 is 1.76 bits per heavy atom. The summed E-state index contributed by atoms with van der Waals surface area (Å²) in [5.41, 5.74) is 2.37. The van der Waals surface area contributed by atoms with E-state index in [4.69, 9.17) is 0 Å². The predicted molar refractivity (Wildman–Crippen MR) is 89.1 cm³/mol. The summed E-state index contributed by atoms with van der Waals surface area (Å²) < 4.78 is 0. The summed E-state index contributed by atoms with van der Waals surface area (Å²) in [6.45, 7) is 7.52. The molecule has 21 heavy (non-hydrogen) atoms. The minimum atomic E-state index is 0.689. The van der Waals surface area contributed by atoms with Crippen LogP contribution in [0, 0.1) is 5.92 Å². The Bertz CT molecular complexity index is 549. The Morgan fingerprint density at radius 3 is 2.43 bits per heavy atom. The van der Waals surface area contributed by atoms with Crippen LogP contribution in [0.2, 0.25) is 0 Å². The molecule has 1 aromatic carbocycles. The average Bonchev–Trinajstić information content (AvgIpc) is 2.48. The van der Waals surface area contributed by atoms with Crippen LogP contribution in [-0.2, 0) is 6.42 Å². The van der Waals surface area contributed by atoms with E-state index >= 15 is 0 Å². The summed E-state index contributed by atoms with van der Waals surface area (Å²) in [6.07, 6.45) is 3.77. The van der Waals surface area contributed by atoms with Crippen LogP contribution in [0.4, 0.5) is 17.3 Å². The quantitative estimate of drug-likeness (QED) is 0.798. The van der Waals surface area contributed by atoms with Gasteiger partial charge in [0.05, 0.1) is 0 Å². The Balaban J connectivity index is 1.96. The maximum Gasteiger partial charge on any atom is 0.135 e. The highest BCUT2D eigenvalue weighted by molar-refractivity contribution is 5.59. The molecule has 0 amide bonds. The van der Waals surface area contributed by atoms with E-state index in [1.54, 1.807) is 6.33 Å². The number of aromatic nitrogens is 2. The van der Waals surface area contributed by atoms with E-state index < -0.39 is 0 Å². The third kappa shape index (κ3) is 5.06. The third-order valence-corrected chi connectivity index (χ3v) is 3.33. The van der Waals surface area contributed by atoms with Crippen molar-refractivity contribution in [3.05, 3.63) is 42.2 Å². The lowest BCUT2D eigenvalue weighted by Gasteiger charge is -2.10. The first-order valence-corrected chi connectivity index (χ1v) is 7.59. The van der Waals surface area contributed by atoms with Crippen molar-refractivity contribution >= 4 is 17.3 Å². The van der Waals surface area contributed by atoms with E-state index in [0.717, 1.165) is 36.7 Å². The van der Waals surface area contributed by atoms with Gasteiger partial charge >= 0.3 is 0 Å². The summed E-state index contributed by atoms with van der Waals surface area (Å²) in [7, 11) is 0. The zero-order chi connectivity index (χ0) is 15.1. The van der Waals surface area contributed by atoms with Gasteiger partial charge in [-0.1, -0.05) is 32.9 Å². The standard InChI is InChI=1S/C17H24N4/c1-4-14-5-7-15(8-6-14)21-17-11-16(19-12-20-17)18-10-9-13(2)3/h5-8,11-13H,4,9-10H2,1-3H3,(H2,18,19,20,21). The first-order chi connectivity index (χ1) is 10.2. The van der Waals surface area contributed by atoms with E-state index in [1.165, 1.54) is 5.56 Å². The molecule has 4 nitrogen and oxygen atoms in total. The van der Waals surface area contributed by atoms with Crippen LogP contribution in [0.1, 0.15) is 32.8 Å². The number of rotatable bonds is 7. The number of anilines is 3. The predicted octanol–water partition coefficient (Wildman–Crippen LogP) is 4.24. The fourth-order valence-electron chi connectivity index (χ4n) is 1.98. The van der Waals surface area contributed by atoms with Gasteiger partial charge in [-0.3, -0.25) is 0 Å². The Labute approximate surface area is 127 Å². The highest BCUT2D eigenvalue weighted by Gasteiger charge is 2.00. The molecule has 2 rings (SSSR count). The van der Waals surface area contributed by atoms with Crippen molar-refractivity contribution in [1.29, 1.82) is 0 Å². The van der Waals surface area contributed by atoms with Crippen LogP contribution in [0.25, 0.3) is 0 Å². The molecule has 0 saturated carbocycles. The molecule has 0 fully saturated rings. The van der Waals surface area contributed by atoms with Crippen molar-refractivity contribution in [1.82, 2.24) is 9.97 Å². The molecule has 0 unspecified atom stereocenters. The molecule has 2 aromatic rings. The normalized spacial score (nSPS) is 10.7. The number of hydrogen-bond acceptors (Lipinski definition) is 4. The highest BCUT2D eigenvalue weighted by atomic mass is 15.1. The van der Waals surface area contributed by atoms with Gasteiger partial charge in [0.1, 0.15) is 18.0 Å². The maximum absolute atomic E-state index is 4.26. The molecular formula is C17H24N4. The van der Waals surface area contributed by atoms with Crippen LogP contribution < -0.4 is 10.6 Å². The molecule has 0 bridgehead atoms. The molecule has 112 valence electrons. The molecule has 0 aliphatic carbocycles. The first kappa shape index (κ1) is 15.3. The average molecular weight is 284 g/mol. The van der Waals surface area contributed by atoms with Crippen LogP contribution in [0.15, 0.2) is 36.7 Å². The summed E-state index contributed by atoms with van der Waals surface area (Å²) in [6, 6.07) is 10.4. The second-order valence-electron chi connectivity index (χ2n) is 5.57. The molecule has 2 N–H and O–H groups in total. The smallest absolute Gasteiger partial charge is 0.135 e. The van der Waals surface area contributed by atoms with Crippen molar-refractivity contribution in [2.75, 3.05) is 17.2 Å². The number of nitrogens with zero attached hydrogens (tertiary/aromatic N) is 2. The lowest BCUT2D eigenvalue weighted by atomic mass is 10.1.